The van der Waals surface area contributed by atoms with E-state index in [2.05, 4.69) is 39.6 Å². The molecule has 2 unspecified atom stereocenters. The number of rotatable bonds is 28. The summed E-state index contributed by atoms with van der Waals surface area (Å²) in [4.78, 5) is 15.3. The van der Waals surface area contributed by atoms with Gasteiger partial charge in [0.05, 0.1) is 0 Å². The summed E-state index contributed by atoms with van der Waals surface area (Å²) >= 11 is 0. The van der Waals surface area contributed by atoms with E-state index < -0.39 is 0 Å². The van der Waals surface area contributed by atoms with Crippen LogP contribution < -0.4 is 0 Å². The monoisotopic (exact) mass is 508 g/mol. The molecule has 0 bridgehead atoms. The molecule has 2 atom stereocenters. The Bertz CT molecular complexity index is 448. The zero-order chi connectivity index (χ0) is 26.7. The molecular weight excluding hydrogens is 438 g/mol. The van der Waals surface area contributed by atoms with Gasteiger partial charge in [-0.05, 0) is 25.2 Å². The van der Waals surface area contributed by atoms with E-state index in [4.69, 9.17) is 0 Å². The number of hydrogen-bond donors (Lipinski definition) is 0. The average Bonchev–Trinajstić information content (AvgIpc) is 2.88. The Labute approximate surface area is 229 Å². The lowest BCUT2D eigenvalue weighted by Crippen LogP contribution is -2.33. The summed E-state index contributed by atoms with van der Waals surface area (Å²) < 4.78 is 0. The second kappa shape index (κ2) is 27.5. The minimum Gasteiger partial charge on any atom is -0.346 e. The van der Waals surface area contributed by atoms with Crippen molar-refractivity contribution in [2.75, 3.05) is 13.6 Å². The quantitative estimate of drug-likeness (QED) is 0.0964. The first kappa shape index (κ1) is 35.5. The van der Waals surface area contributed by atoms with E-state index in [1.807, 2.05) is 0 Å². The van der Waals surface area contributed by atoms with Crippen molar-refractivity contribution in [2.45, 2.75) is 188 Å². The minimum absolute atomic E-state index is 0.270. The van der Waals surface area contributed by atoms with Crippen LogP contribution in [-0.4, -0.2) is 24.4 Å². The molecule has 0 aliphatic heterocycles. The molecule has 0 saturated carbocycles. The first-order chi connectivity index (χ1) is 17.6. The van der Waals surface area contributed by atoms with E-state index in [1.54, 1.807) is 0 Å². The zero-order valence-corrected chi connectivity index (χ0v) is 25.9. The summed E-state index contributed by atoms with van der Waals surface area (Å²) in [6, 6.07) is 0. The normalized spacial score (nSPS) is 13.1. The maximum absolute atomic E-state index is 13.2. The molecule has 0 radical (unpaired) electrons. The van der Waals surface area contributed by atoms with Gasteiger partial charge in [0.15, 0.2) is 0 Å². The number of amides is 1. The van der Waals surface area contributed by atoms with Crippen molar-refractivity contribution in [1.82, 2.24) is 4.90 Å². The molecular formula is C34H69NO. The Morgan fingerprint density at radius 1 is 0.472 bits per heavy atom. The highest BCUT2D eigenvalue weighted by molar-refractivity contribution is 5.78. The van der Waals surface area contributed by atoms with Crippen LogP contribution in [0.5, 0.6) is 0 Å². The molecule has 0 aliphatic rings. The van der Waals surface area contributed by atoms with Crippen molar-refractivity contribution in [2.24, 2.45) is 11.8 Å². The predicted octanol–water partition coefficient (Wildman–Crippen LogP) is 11.5. The zero-order valence-electron chi connectivity index (χ0n) is 25.9. The smallest absolute Gasteiger partial charge is 0.225 e. The number of nitrogens with zero attached hydrogens (tertiary/aromatic N) is 1. The molecule has 0 heterocycles. The first-order valence-electron chi connectivity index (χ1n) is 16.8. The van der Waals surface area contributed by atoms with Gasteiger partial charge >= 0.3 is 0 Å². The Kier molecular flexibility index (Phi) is 27.1. The van der Waals surface area contributed by atoms with Gasteiger partial charge in [-0.15, -0.1) is 0 Å². The molecule has 0 saturated heterocycles. The predicted molar refractivity (Wildman–Crippen MR) is 163 cm³/mol. The van der Waals surface area contributed by atoms with Gasteiger partial charge in [-0.3, -0.25) is 4.79 Å². The lowest BCUT2D eigenvalue weighted by molar-refractivity contribution is -0.134. The lowest BCUT2D eigenvalue weighted by atomic mass is 9.90. The van der Waals surface area contributed by atoms with Crippen molar-refractivity contribution < 1.29 is 4.79 Å². The largest absolute Gasteiger partial charge is 0.346 e. The molecule has 2 nitrogen and oxygen atoms in total. The average molecular weight is 508 g/mol. The van der Waals surface area contributed by atoms with Crippen LogP contribution in [-0.2, 0) is 4.79 Å². The second-order valence-corrected chi connectivity index (χ2v) is 11.9. The lowest BCUT2D eigenvalue weighted by Gasteiger charge is -2.24. The van der Waals surface area contributed by atoms with Gasteiger partial charge in [-0.2, -0.15) is 0 Å². The van der Waals surface area contributed by atoms with Crippen LogP contribution in [0.3, 0.4) is 0 Å². The topological polar surface area (TPSA) is 20.3 Å². The highest BCUT2D eigenvalue weighted by Gasteiger charge is 2.21. The van der Waals surface area contributed by atoms with Crippen LogP contribution in [0, 0.1) is 11.8 Å². The van der Waals surface area contributed by atoms with Gasteiger partial charge in [0.25, 0.3) is 0 Å². The number of unbranched alkanes of at least 4 members (excludes halogenated alkanes) is 15. The van der Waals surface area contributed by atoms with Crippen molar-refractivity contribution in [3.05, 3.63) is 0 Å². The summed E-state index contributed by atoms with van der Waals surface area (Å²) in [6.07, 6.45) is 33.2. The van der Waals surface area contributed by atoms with Crippen molar-refractivity contribution in [3.63, 3.8) is 0 Å². The van der Waals surface area contributed by atoms with Gasteiger partial charge in [0.2, 0.25) is 5.91 Å². The summed E-state index contributed by atoms with van der Waals surface area (Å²) in [5.74, 6) is 1.69. The molecule has 0 aromatic rings. The molecule has 0 aliphatic carbocycles. The van der Waals surface area contributed by atoms with E-state index in [0.717, 1.165) is 25.3 Å². The van der Waals surface area contributed by atoms with E-state index in [0.29, 0.717) is 5.91 Å². The number of hydrogen-bond acceptors (Lipinski definition) is 1. The Morgan fingerprint density at radius 2 is 0.833 bits per heavy atom. The molecule has 0 fully saturated rings. The molecule has 0 aromatic heterocycles. The van der Waals surface area contributed by atoms with Crippen LogP contribution in [0.4, 0.5) is 0 Å². The van der Waals surface area contributed by atoms with Crippen molar-refractivity contribution in [3.8, 4) is 0 Å². The molecule has 0 N–H and O–H groups in total. The van der Waals surface area contributed by atoms with Gasteiger partial charge in [-0.1, -0.05) is 169 Å². The summed E-state index contributed by atoms with van der Waals surface area (Å²) in [7, 11) is 2.06. The molecule has 1 amide bonds. The highest BCUT2D eigenvalue weighted by atomic mass is 16.2. The summed E-state index contributed by atoms with van der Waals surface area (Å²) in [5, 5.41) is 0. The van der Waals surface area contributed by atoms with E-state index in [1.165, 1.54) is 148 Å². The molecule has 0 rings (SSSR count). The fraction of sp³-hybridized carbons (Fsp3) is 0.971. The highest BCUT2D eigenvalue weighted by Crippen LogP contribution is 2.24. The molecule has 0 aromatic carbocycles. The van der Waals surface area contributed by atoms with Crippen molar-refractivity contribution >= 4 is 5.91 Å². The molecule has 216 valence electrons. The van der Waals surface area contributed by atoms with E-state index in [9.17, 15) is 4.79 Å². The van der Waals surface area contributed by atoms with Crippen LogP contribution >= 0.6 is 0 Å². The Morgan fingerprint density at radius 3 is 1.39 bits per heavy atom. The molecule has 2 heteroatoms. The summed E-state index contributed by atoms with van der Waals surface area (Å²) in [5.41, 5.74) is 0. The van der Waals surface area contributed by atoms with E-state index >= 15 is 0 Å². The Balaban J connectivity index is 4.11. The maximum Gasteiger partial charge on any atom is 0.225 e. The van der Waals surface area contributed by atoms with Gasteiger partial charge in [0.1, 0.15) is 0 Å². The maximum atomic E-state index is 13.2. The third-order valence-electron chi connectivity index (χ3n) is 8.33. The van der Waals surface area contributed by atoms with E-state index in [-0.39, 0.29) is 5.92 Å². The first-order valence-corrected chi connectivity index (χ1v) is 16.8. The van der Waals surface area contributed by atoms with Crippen molar-refractivity contribution in [1.29, 1.82) is 0 Å². The third kappa shape index (κ3) is 21.5. The second-order valence-electron chi connectivity index (χ2n) is 11.9. The van der Waals surface area contributed by atoms with Crippen LogP contribution in [0.25, 0.3) is 0 Å². The summed E-state index contributed by atoms with van der Waals surface area (Å²) in [6.45, 7) is 10.1. The van der Waals surface area contributed by atoms with Crippen LogP contribution in [0.1, 0.15) is 188 Å². The SMILES string of the molecule is CCCCCCCC(CCCCCC)C(=O)N(C)CCCCCCCCC(CCCC)CCCCC. The van der Waals surface area contributed by atoms with Gasteiger partial charge < -0.3 is 4.90 Å². The fourth-order valence-corrected chi connectivity index (χ4v) is 5.72. The Hall–Kier alpha value is -0.530. The minimum atomic E-state index is 0.270. The third-order valence-corrected chi connectivity index (χ3v) is 8.33. The van der Waals surface area contributed by atoms with Gasteiger partial charge in [0, 0.05) is 19.5 Å². The van der Waals surface area contributed by atoms with Crippen LogP contribution in [0.15, 0.2) is 0 Å². The fourth-order valence-electron chi connectivity index (χ4n) is 5.72. The molecule has 36 heavy (non-hydrogen) atoms. The van der Waals surface area contributed by atoms with Crippen LogP contribution in [0.2, 0.25) is 0 Å². The van der Waals surface area contributed by atoms with Gasteiger partial charge in [-0.25, -0.2) is 0 Å². The molecule has 0 spiro atoms. The standard InChI is InChI=1S/C34H69NO/c1-6-10-14-18-24-30-33(29-23-15-11-7-2)34(36)35(5)31-25-20-17-16-19-22-28-32(26-13-9-4)27-21-12-8-3/h32-33H,6-31H2,1-5H3. The number of carbonyl (C=O) groups excluding carboxylic acids is 1. The number of carbonyl (C=O) groups is 1.